The molecule has 3 rings (SSSR count). The van der Waals surface area contributed by atoms with Crippen molar-refractivity contribution in [3.8, 4) is 28.4 Å². The van der Waals surface area contributed by atoms with Gasteiger partial charge >= 0.3 is 5.97 Å². The SMILES string of the molecule is CCN(CCOc1cc(C)c(-c2ccc(OOC(C)=O)cc2)c(C)c1)[C@@H](C)[C@H](O)c1ccc(O)cc1. The smallest absolute Gasteiger partial charge is 0.352 e. The molecule has 3 aromatic carbocycles. The standard InChI is InChI=1S/C29H35NO6/c1-6-30(21(4)29(33)24-7-11-25(32)12-8-24)15-16-34-27-17-19(2)28(20(3)18-27)23-9-13-26(14-10-23)36-35-22(5)31/h7-14,17-18,21,29,32-33H,6,15-16H2,1-5H3/t21-,29-/m0/s1. The molecule has 7 heteroatoms. The van der Waals surface area contributed by atoms with Crippen molar-refractivity contribution in [2.75, 3.05) is 19.7 Å². The van der Waals surface area contributed by atoms with Crippen LogP contribution in [0, 0.1) is 13.8 Å². The van der Waals surface area contributed by atoms with Crippen LogP contribution in [0.25, 0.3) is 11.1 Å². The van der Waals surface area contributed by atoms with Gasteiger partial charge in [-0.3, -0.25) is 14.7 Å². The molecule has 7 nitrogen and oxygen atoms in total. The van der Waals surface area contributed by atoms with Gasteiger partial charge in [-0.25, -0.2) is 4.79 Å². The number of aromatic hydroxyl groups is 1. The number of likely N-dealkylation sites (N-methyl/N-ethyl adjacent to an activating group) is 1. The van der Waals surface area contributed by atoms with E-state index in [4.69, 9.17) is 9.62 Å². The number of aryl methyl sites for hydroxylation is 2. The molecule has 0 unspecified atom stereocenters. The molecule has 0 aliphatic carbocycles. The first kappa shape index (κ1) is 27.0. The molecule has 192 valence electrons. The zero-order chi connectivity index (χ0) is 26.2. The number of hydrogen-bond acceptors (Lipinski definition) is 7. The van der Waals surface area contributed by atoms with Crippen LogP contribution >= 0.6 is 0 Å². The predicted octanol–water partition coefficient (Wildman–Crippen LogP) is 5.36. The minimum absolute atomic E-state index is 0.109. The molecule has 0 amide bonds. The maximum atomic E-state index is 10.9. The normalized spacial score (nSPS) is 12.8. The summed E-state index contributed by atoms with van der Waals surface area (Å²) in [5.41, 5.74) is 5.08. The van der Waals surface area contributed by atoms with Gasteiger partial charge < -0.3 is 14.9 Å². The first-order chi connectivity index (χ1) is 17.2. The van der Waals surface area contributed by atoms with Crippen LogP contribution in [0.5, 0.6) is 17.2 Å². The Bertz CT molecular complexity index is 1120. The van der Waals surface area contributed by atoms with E-state index in [1.165, 1.54) is 6.92 Å². The fraction of sp³-hybridized carbons (Fsp3) is 0.345. The lowest BCUT2D eigenvalue weighted by molar-refractivity contribution is -0.210. The summed E-state index contributed by atoms with van der Waals surface area (Å²) in [4.78, 5) is 22.6. The highest BCUT2D eigenvalue weighted by Crippen LogP contribution is 2.32. The zero-order valence-electron chi connectivity index (χ0n) is 21.5. The molecule has 2 atom stereocenters. The average Bonchev–Trinajstić information content (AvgIpc) is 2.85. The van der Waals surface area contributed by atoms with E-state index in [9.17, 15) is 15.0 Å². The number of carbonyl (C=O) groups is 1. The number of aliphatic hydroxyl groups excluding tert-OH is 1. The van der Waals surface area contributed by atoms with Crippen LogP contribution in [0.3, 0.4) is 0 Å². The number of rotatable bonds is 11. The predicted molar refractivity (Wildman–Crippen MR) is 139 cm³/mol. The molecule has 0 saturated carbocycles. The van der Waals surface area contributed by atoms with Crippen molar-refractivity contribution in [3.63, 3.8) is 0 Å². The fourth-order valence-electron chi connectivity index (χ4n) is 4.33. The van der Waals surface area contributed by atoms with E-state index < -0.39 is 12.1 Å². The number of phenolic OH excluding ortho intramolecular Hbond substituents is 1. The molecule has 36 heavy (non-hydrogen) atoms. The van der Waals surface area contributed by atoms with Crippen molar-refractivity contribution in [1.29, 1.82) is 0 Å². The average molecular weight is 494 g/mol. The van der Waals surface area contributed by atoms with Gasteiger partial charge in [0.05, 0.1) is 6.10 Å². The molecule has 0 aliphatic rings. The maximum absolute atomic E-state index is 10.9. The third-order valence-corrected chi connectivity index (χ3v) is 6.23. The van der Waals surface area contributed by atoms with Crippen molar-refractivity contribution in [2.24, 2.45) is 0 Å². The number of carbonyl (C=O) groups excluding carboxylic acids is 1. The highest BCUT2D eigenvalue weighted by Gasteiger charge is 2.22. The van der Waals surface area contributed by atoms with Crippen molar-refractivity contribution >= 4 is 5.97 Å². The van der Waals surface area contributed by atoms with Crippen LogP contribution in [0.15, 0.2) is 60.7 Å². The van der Waals surface area contributed by atoms with Gasteiger partial charge in [0.15, 0.2) is 5.75 Å². The number of ether oxygens (including phenoxy) is 1. The van der Waals surface area contributed by atoms with E-state index in [-0.39, 0.29) is 11.8 Å². The summed E-state index contributed by atoms with van der Waals surface area (Å²) in [6.07, 6.45) is -0.667. The van der Waals surface area contributed by atoms with Crippen molar-refractivity contribution in [1.82, 2.24) is 4.90 Å². The third-order valence-electron chi connectivity index (χ3n) is 6.23. The largest absolute Gasteiger partial charge is 0.508 e. The van der Waals surface area contributed by atoms with E-state index in [1.807, 2.05) is 45.0 Å². The van der Waals surface area contributed by atoms with Crippen molar-refractivity contribution in [3.05, 3.63) is 77.4 Å². The lowest BCUT2D eigenvalue weighted by Crippen LogP contribution is -2.40. The summed E-state index contributed by atoms with van der Waals surface area (Å²) in [6, 6.07) is 18.0. The first-order valence-corrected chi connectivity index (χ1v) is 12.1. The number of aliphatic hydroxyl groups is 1. The molecule has 0 aromatic heterocycles. The lowest BCUT2D eigenvalue weighted by atomic mass is 9.95. The molecule has 0 aliphatic heterocycles. The Hall–Kier alpha value is -3.55. The molecule has 0 bridgehead atoms. The number of hydrogen-bond donors (Lipinski definition) is 2. The lowest BCUT2D eigenvalue weighted by Gasteiger charge is -2.31. The van der Waals surface area contributed by atoms with Crippen LogP contribution in [0.2, 0.25) is 0 Å². The van der Waals surface area contributed by atoms with Gasteiger partial charge in [0.1, 0.15) is 18.1 Å². The Balaban J connectivity index is 1.61. The Morgan fingerprint density at radius 1 is 0.972 bits per heavy atom. The molecule has 0 spiro atoms. The van der Waals surface area contributed by atoms with E-state index >= 15 is 0 Å². The summed E-state index contributed by atoms with van der Waals surface area (Å²) >= 11 is 0. The molecule has 0 fully saturated rings. The Kier molecular flexibility index (Phi) is 9.33. The van der Waals surface area contributed by atoms with Crippen LogP contribution in [-0.4, -0.2) is 46.8 Å². The monoisotopic (exact) mass is 493 g/mol. The van der Waals surface area contributed by atoms with Gasteiger partial charge in [-0.05, 0) is 91.5 Å². The molecular formula is C29H35NO6. The second-order valence-corrected chi connectivity index (χ2v) is 8.87. The maximum Gasteiger partial charge on any atom is 0.352 e. The Morgan fingerprint density at radius 3 is 2.14 bits per heavy atom. The fourth-order valence-corrected chi connectivity index (χ4v) is 4.33. The van der Waals surface area contributed by atoms with Crippen molar-refractivity contribution < 1.29 is 29.5 Å². The van der Waals surface area contributed by atoms with Crippen LogP contribution in [-0.2, 0) is 9.68 Å². The molecule has 0 heterocycles. The van der Waals surface area contributed by atoms with Gasteiger partial charge in [0.2, 0.25) is 0 Å². The van der Waals surface area contributed by atoms with Crippen LogP contribution in [0.1, 0.15) is 43.6 Å². The van der Waals surface area contributed by atoms with Crippen LogP contribution < -0.4 is 9.62 Å². The minimum Gasteiger partial charge on any atom is -0.508 e. The Labute approximate surface area is 212 Å². The van der Waals surface area contributed by atoms with Crippen LogP contribution in [0.4, 0.5) is 0 Å². The number of phenols is 1. The quantitative estimate of drug-likeness (QED) is 0.275. The second kappa shape index (κ2) is 12.4. The highest BCUT2D eigenvalue weighted by molar-refractivity contribution is 5.72. The molecule has 3 aromatic rings. The molecular weight excluding hydrogens is 458 g/mol. The van der Waals surface area contributed by atoms with E-state index in [0.29, 0.717) is 18.9 Å². The van der Waals surface area contributed by atoms with Gasteiger partial charge in [0.25, 0.3) is 0 Å². The summed E-state index contributed by atoms with van der Waals surface area (Å²) in [7, 11) is 0. The summed E-state index contributed by atoms with van der Waals surface area (Å²) < 4.78 is 6.09. The first-order valence-electron chi connectivity index (χ1n) is 12.1. The topological polar surface area (TPSA) is 88.5 Å². The summed E-state index contributed by atoms with van der Waals surface area (Å²) in [5.74, 6) is 0.924. The molecule has 2 N–H and O–H groups in total. The number of benzene rings is 3. The van der Waals surface area contributed by atoms with E-state index in [0.717, 1.165) is 40.1 Å². The highest BCUT2D eigenvalue weighted by atomic mass is 17.2. The van der Waals surface area contributed by atoms with Gasteiger partial charge in [0, 0.05) is 19.5 Å². The molecule has 0 saturated heterocycles. The van der Waals surface area contributed by atoms with Gasteiger partial charge in [-0.15, -0.1) is 0 Å². The van der Waals surface area contributed by atoms with E-state index in [1.54, 1.807) is 36.4 Å². The van der Waals surface area contributed by atoms with Crippen molar-refractivity contribution in [2.45, 2.75) is 46.8 Å². The second-order valence-electron chi connectivity index (χ2n) is 8.87. The zero-order valence-corrected chi connectivity index (χ0v) is 21.5. The Morgan fingerprint density at radius 2 is 1.58 bits per heavy atom. The van der Waals surface area contributed by atoms with E-state index in [2.05, 4.69) is 16.7 Å². The number of nitrogens with zero attached hydrogens (tertiary/aromatic N) is 1. The minimum atomic E-state index is -0.667. The molecule has 0 radical (unpaired) electrons. The van der Waals surface area contributed by atoms with Gasteiger partial charge in [-0.2, -0.15) is 0 Å². The third kappa shape index (κ3) is 6.99. The van der Waals surface area contributed by atoms with Gasteiger partial charge in [-0.1, -0.05) is 31.2 Å². The summed E-state index contributed by atoms with van der Waals surface area (Å²) in [6.45, 7) is 11.4. The summed E-state index contributed by atoms with van der Waals surface area (Å²) in [5, 5.41) is 20.3.